The third kappa shape index (κ3) is 2.17. The lowest BCUT2D eigenvalue weighted by atomic mass is 10.0. The summed E-state index contributed by atoms with van der Waals surface area (Å²) in [5.74, 6) is 0. The zero-order valence-corrected chi connectivity index (χ0v) is 10.3. The van der Waals surface area contributed by atoms with E-state index in [1.165, 1.54) is 11.1 Å². The smallest absolute Gasteiger partial charge is 0.0846 e. The lowest BCUT2D eigenvalue weighted by Crippen LogP contribution is -2.04. The van der Waals surface area contributed by atoms with Gasteiger partial charge in [-0.3, -0.25) is 4.68 Å². The highest BCUT2D eigenvalue weighted by Gasteiger charge is 2.15. The van der Waals surface area contributed by atoms with Crippen molar-refractivity contribution in [1.82, 2.24) is 9.78 Å². The molecule has 0 fully saturated rings. The highest BCUT2D eigenvalue weighted by Crippen LogP contribution is 2.25. The third-order valence-electron chi connectivity index (χ3n) is 3.30. The maximum Gasteiger partial charge on any atom is 0.0846 e. The Morgan fingerprint density at radius 2 is 2.17 bits per heavy atom. The summed E-state index contributed by atoms with van der Waals surface area (Å²) >= 11 is 0. The van der Waals surface area contributed by atoms with Crippen LogP contribution in [0.1, 0.15) is 28.5 Å². The summed E-state index contributed by atoms with van der Waals surface area (Å²) in [6.45, 7) is 1.34. The molecule has 3 rings (SSSR count). The molecular formula is C14H16N2O2. The van der Waals surface area contributed by atoms with Crippen molar-refractivity contribution in [1.29, 1.82) is 0 Å². The highest BCUT2D eigenvalue weighted by molar-refractivity contribution is 5.34. The topological polar surface area (TPSA) is 47.3 Å². The molecule has 0 radical (unpaired) electrons. The minimum Gasteiger partial charge on any atom is -0.388 e. The van der Waals surface area contributed by atoms with Crippen LogP contribution in [-0.2, 0) is 31.4 Å². The van der Waals surface area contributed by atoms with Crippen molar-refractivity contribution in [2.45, 2.75) is 25.7 Å². The monoisotopic (exact) mass is 244 g/mol. The van der Waals surface area contributed by atoms with E-state index in [0.29, 0.717) is 19.6 Å². The number of nitrogens with zero attached hydrogens (tertiary/aromatic N) is 2. The molecule has 2 aromatic rings. The van der Waals surface area contributed by atoms with E-state index >= 15 is 0 Å². The quantitative estimate of drug-likeness (QED) is 0.894. The lowest BCUT2D eigenvalue weighted by molar-refractivity contribution is 0.134. The van der Waals surface area contributed by atoms with E-state index in [0.717, 1.165) is 11.3 Å². The molecule has 0 aliphatic carbocycles. The van der Waals surface area contributed by atoms with Gasteiger partial charge in [0.2, 0.25) is 0 Å². The van der Waals surface area contributed by atoms with Crippen molar-refractivity contribution in [2.75, 3.05) is 0 Å². The highest BCUT2D eigenvalue weighted by atomic mass is 16.5. The van der Waals surface area contributed by atoms with Crippen LogP contribution in [0.3, 0.4) is 0 Å². The first-order valence-electron chi connectivity index (χ1n) is 6.08. The number of aliphatic hydroxyl groups excluding tert-OH is 1. The summed E-state index contributed by atoms with van der Waals surface area (Å²) in [6.07, 6.45) is 1.92. The van der Waals surface area contributed by atoms with E-state index in [1.54, 1.807) is 4.68 Å². The molecule has 2 heterocycles. The molecule has 18 heavy (non-hydrogen) atoms. The van der Waals surface area contributed by atoms with Gasteiger partial charge in [-0.25, -0.2) is 0 Å². The summed E-state index contributed by atoms with van der Waals surface area (Å²) in [7, 11) is 1.88. The Labute approximate surface area is 106 Å². The van der Waals surface area contributed by atoms with Crippen LogP contribution in [0.15, 0.2) is 30.5 Å². The van der Waals surface area contributed by atoms with Crippen molar-refractivity contribution < 1.29 is 9.84 Å². The number of hydrogen-bond acceptors (Lipinski definition) is 3. The molecule has 4 heteroatoms. The van der Waals surface area contributed by atoms with E-state index in [1.807, 2.05) is 37.5 Å². The fourth-order valence-electron chi connectivity index (χ4n) is 2.29. The van der Waals surface area contributed by atoms with Crippen LogP contribution in [0, 0.1) is 0 Å². The van der Waals surface area contributed by atoms with Gasteiger partial charge in [0, 0.05) is 19.7 Å². The summed E-state index contributed by atoms with van der Waals surface area (Å²) in [4.78, 5) is 0. The summed E-state index contributed by atoms with van der Waals surface area (Å²) in [5, 5.41) is 14.5. The number of aromatic nitrogens is 2. The molecule has 0 amide bonds. The minimum atomic E-state index is -0.509. The average Bonchev–Trinajstić information content (AvgIpc) is 2.96. The zero-order chi connectivity index (χ0) is 12.5. The zero-order valence-electron chi connectivity index (χ0n) is 10.3. The molecule has 94 valence electrons. The van der Waals surface area contributed by atoms with Gasteiger partial charge in [-0.05, 0) is 22.8 Å². The molecule has 1 aromatic heterocycles. The SMILES string of the molecule is Cn1ccc(CC(O)c2ccc3c(c2)COC3)n1. The molecule has 0 saturated carbocycles. The third-order valence-corrected chi connectivity index (χ3v) is 3.30. The Balaban J connectivity index is 1.78. The minimum absolute atomic E-state index is 0.509. The predicted molar refractivity (Wildman–Crippen MR) is 66.8 cm³/mol. The van der Waals surface area contributed by atoms with E-state index in [4.69, 9.17) is 4.74 Å². The Kier molecular flexibility index (Phi) is 2.89. The second kappa shape index (κ2) is 4.55. The molecule has 1 aliphatic heterocycles. The summed E-state index contributed by atoms with van der Waals surface area (Å²) < 4.78 is 7.12. The van der Waals surface area contributed by atoms with Gasteiger partial charge in [-0.1, -0.05) is 18.2 Å². The molecule has 1 aromatic carbocycles. The van der Waals surface area contributed by atoms with Crippen LogP contribution >= 0.6 is 0 Å². The lowest BCUT2D eigenvalue weighted by Gasteiger charge is -2.10. The van der Waals surface area contributed by atoms with Crippen LogP contribution in [0.2, 0.25) is 0 Å². The number of benzene rings is 1. The number of aryl methyl sites for hydroxylation is 1. The van der Waals surface area contributed by atoms with Crippen molar-refractivity contribution in [3.63, 3.8) is 0 Å². The van der Waals surface area contributed by atoms with Gasteiger partial charge in [0.15, 0.2) is 0 Å². The first-order valence-corrected chi connectivity index (χ1v) is 6.08. The van der Waals surface area contributed by atoms with Gasteiger partial charge in [-0.2, -0.15) is 5.10 Å². The predicted octanol–water partition coefficient (Wildman–Crippen LogP) is 1.73. The Hall–Kier alpha value is -1.65. The Morgan fingerprint density at radius 3 is 2.94 bits per heavy atom. The van der Waals surface area contributed by atoms with Crippen LogP contribution in [0.25, 0.3) is 0 Å². The van der Waals surface area contributed by atoms with Gasteiger partial charge >= 0.3 is 0 Å². The molecule has 4 nitrogen and oxygen atoms in total. The van der Waals surface area contributed by atoms with Crippen LogP contribution < -0.4 is 0 Å². The van der Waals surface area contributed by atoms with E-state index in [-0.39, 0.29) is 0 Å². The van der Waals surface area contributed by atoms with Gasteiger partial charge in [0.1, 0.15) is 0 Å². The van der Waals surface area contributed by atoms with E-state index in [9.17, 15) is 5.11 Å². The Morgan fingerprint density at radius 1 is 1.33 bits per heavy atom. The van der Waals surface area contributed by atoms with Crippen LogP contribution in [0.5, 0.6) is 0 Å². The number of ether oxygens (including phenoxy) is 1. The number of rotatable bonds is 3. The first-order chi connectivity index (χ1) is 8.72. The molecule has 0 saturated heterocycles. The molecular weight excluding hydrogens is 228 g/mol. The van der Waals surface area contributed by atoms with Crippen molar-refractivity contribution in [3.8, 4) is 0 Å². The van der Waals surface area contributed by atoms with Gasteiger partial charge in [0.25, 0.3) is 0 Å². The van der Waals surface area contributed by atoms with Crippen LogP contribution in [-0.4, -0.2) is 14.9 Å². The van der Waals surface area contributed by atoms with Gasteiger partial charge < -0.3 is 9.84 Å². The Bertz CT molecular complexity index is 563. The number of aliphatic hydroxyl groups is 1. The molecule has 1 unspecified atom stereocenters. The second-order valence-electron chi connectivity index (χ2n) is 4.72. The van der Waals surface area contributed by atoms with Crippen molar-refractivity contribution in [2.24, 2.45) is 7.05 Å². The largest absolute Gasteiger partial charge is 0.388 e. The molecule has 0 spiro atoms. The fourth-order valence-corrected chi connectivity index (χ4v) is 2.29. The maximum atomic E-state index is 10.2. The average molecular weight is 244 g/mol. The normalized spacial score (nSPS) is 15.7. The maximum absolute atomic E-state index is 10.2. The standard InChI is InChI=1S/C14H16N2O2/c1-16-5-4-13(15-16)7-14(17)10-2-3-11-8-18-9-12(11)6-10/h2-6,14,17H,7-9H2,1H3. The second-order valence-corrected chi connectivity index (χ2v) is 4.72. The van der Waals surface area contributed by atoms with Crippen molar-refractivity contribution in [3.05, 3.63) is 52.8 Å². The molecule has 0 bridgehead atoms. The molecule has 1 atom stereocenters. The van der Waals surface area contributed by atoms with E-state index in [2.05, 4.69) is 5.10 Å². The van der Waals surface area contributed by atoms with E-state index < -0.39 is 6.10 Å². The first kappa shape index (κ1) is 11.4. The fraction of sp³-hybridized carbons (Fsp3) is 0.357. The summed E-state index contributed by atoms with van der Waals surface area (Å²) in [6, 6.07) is 7.98. The molecule has 1 N–H and O–H groups in total. The molecule has 1 aliphatic rings. The van der Waals surface area contributed by atoms with Gasteiger partial charge in [0.05, 0.1) is 25.0 Å². The van der Waals surface area contributed by atoms with Crippen molar-refractivity contribution >= 4 is 0 Å². The number of hydrogen-bond donors (Lipinski definition) is 1. The van der Waals surface area contributed by atoms with Crippen LogP contribution in [0.4, 0.5) is 0 Å². The summed E-state index contributed by atoms with van der Waals surface area (Å²) in [5.41, 5.74) is 4.25. The number of fused-ring (bicyclic) bond motifs is 1. The van der Waals surface area contributed by atoms with Gasteiger partial charge in [-0.15, -0.1) is 0 Å².